The molecule has 2 aromatic rings. The van der Waals surface area contributed by atoms with Gasteiger partial charge < -0.3 is 10.6 Å². The lowest BCUT2D eigenvalue weighted by Gasteiger charge is -2.21. The van der Waals surface area contributed by atoms with Crippen molar-refractivity contribution in [2.45, 2.75) is 40.2 Å². The first-order valence-corrected chi connectivity index (χ1v) is 6.87. The molecule has 0 aliphatic heterocycles. The third kappa shape index (κ3) is 2.94. The molecule has 3 N–H and O–H groups in total. The van der Waals surface area contributed by atoms with Gasteiger partial charge in [-0.15, -0.1) is 0 Å². The number of anilines is 2. The Morgan fingerprint density at radius 2 is 2.05 bits per heavy atom. The summed E-state index contributed by atoms with van der Waals surface area (Å²) < 4.78 is 0. The Balaban J connectivity index is 2.31. The second-order valence-corrected chi connectivity index (χ2v) is 4.88. The van der Waals surface area contributed by atoms with Gasteiger partial charge >= 0.3 is 0 Å². The largest absolute Gasteiger partial charge is 0.367 e. The Kier molecular flexibility index (Phi) is 4.19. The SMILES string of the molecule is CCNc1nc(NC(C)C(C)CC)c2cn[nH]c2n1. The van der Waals surface area contributed by atoms with Crippen molar-refractivity contribution in [3.05, 3.63) is 6.20 Å². The van der Waals surface area contributed by atoms with E-state index >= 15 is 0 Å². The molecule has 2 heterocycles. The van der Waals surface area contributed by atoms with E-state index in [1.807, 2.05) is 6.92 Å². The van der Waals surface area contributed by atoms with Crippen LogP contribution in [0, 0.1) is 5.92 Å². The number of rotatable bonds is 6. The van der Waals surface area contributed by atoms with E-state index in [1.165, 1.54) is 0 Å². The van der Waals surface area contributed by atoms with E-state index < -0.39 is 0 Å². The van der Waals surface area contributed by atoms with Crippen molar-refractivity contribution < 1.29 is 0 Å². The lowest BCUT2D eigenvalue weighted by molar-refractivity contribution is 0.494. The van der Waals surface area contributed by atoms with Crippen molar-refractivity contribution in [3.8, 4) is 0 Å². The molecule has 0 radical (unpaired) electrons. The minimum absolute atomic E-state index is 0.354. The molecule has 6 nitrogen and oxygen atoms in total. The fraction of sp³-hybridized carbons (Fsp3) is 0.615. The highest BCUT2D eigenvalue weighted by molar-refractivity contribution is 5.87. The van der Waals surface area contributed by atoms with Crippen LogP contribution in [0.1, 0.15) is 34.1 Å². The van der Waals surface area contributed by atoms with Crippen LogP contribution in [-0.2, 0) is 0 Å². The van der Waals surface area contributed by atoms with Gasteiger partial charge in [-0.2, -0.15) is 15.1 Å². The smallest absolute Gasteiger partial charge is 0.226 e. The molecule has 0 bridgehead atoms. The van der Waals surface area contributed by atoms with E-state index in [2.05, 4.69) is 51.6 Å². The second kappa shape index (κ2) is 5.86. The van der Waals surface area contributed by atoms with Crippen LogP contribution in [-0.4, -0.2) is 32.8 Å². The Bertz CT molecular complexity index is 535. The van der Waals surface area contributed by atoms with Gasteiger partial charge in [0.25, 0.3) is 0 Å². The predicted molar refractivity (Wildman–Crippen MR) is 78.4 cm³/mol. The van der Waals surface area contributed by atoms with E-state index in [9.17, 15) is 0 Å². The molecule has 2 atom stereocenters. The van der Waals surface area contributed by atoms with Crippen LogP contribution in [0.15, 0.2) is 6.20 Å². The van der Waals surface area contributed by atoms with Crippen molar-refractivity contribution in [1.82, 2.24) is 20.2 Å². The molecule has 0 aliphatic rings. The van der Waals surface area contributed by atoms with Crippen molar-refractivity contribution >= 4 is 22.8 Å². The highest BCUT2D eigenvalue weighted by atomic mass is 15.2. The molecule has 2 aromatic heterocycles. The normalized spacial score (nSPS) is 14.3. The predicted octanol–water partition coefficient (Wildman–Crippen LogP) is 2.63. The zero-order valence-corrected chi connectivity index (χ0v) is 12.0. The number of fused-ring (bicyclic) bond motifs is 1. The fourth-order valence-electron chi connectivity index (χ4n) is 1.89. The summed E-state index contributed by atoms with van der Waals surface area (Å²) in [6.45, 7) is 9.42. The Labute approximate surface area is 113 Å². The minimum atomic E-state index is 0.354. The minimum Gasteiger partial charge on any atom is -0.367 e. The summed E-state index contributed by atoms with van der Waals surface area (Å²) >= 11 is 0. The van der Waals surface area contributed by atoms with Crippen LogP contribution in [0.5, 0.6) is 0 Å². The molecule has 0 fully saturated rings. The molecule has 0 aromatic carbocycles. The number of hydrogen-bond acceptors (Lipinski definition) is 5. The maximum Gasteiger partial charge on any atom is 0.226 e. The third-order valence-electron chi connectivity index (χ3n) is 3.51. The summed E-state index contributed by atoms with van der Waals surface area (Å²) in [4.78, 5) is 8.90. The highest BCUT2D eigenvalue weighted by Crippen LogP contribution is 2.22. The topological polar surface area (TPSA) is 78.5 Å². The number of nitrogens with one attached hydrogen (secondary N) is 3. The molecule has 6 heteroatoms. The van der Waals surface area contributed by atoms with E-state index in [1.54, 1.807) is 6.20 Å². The third-order valence-corrected chi connectivity index (χ3v) is 3.51. The lowest BCUT2D eigenvalue weighted by Crippen LogP contribution is -2.24. The molecule has 0 aliphatic carbocycles. The summed E-state index contributed by atoms with van der Waals surface area (Å²) in [7, 11) is 0. The summed E-state index contributed by atoms with van der Waals surface area (Å²) in [6, 6.07) is 0.354. The van der Waals surface area contributed by atoms with Gasteiger partial charge in [0.15, 0.2) is 5.65 Å². The van der Waals surface area contributed by atoms with Gasteiger partial charge in [0.1, 0.15) is 5.82 Å². The molecular weight excluding hydrogens is 240 g/mol. The summed E-state index contributed by atoms with van der Waals surface area (Å²) in [5.41, 5.74) is 0.754. The van der Waals surface area contributed by atoms with Crippen LogP contribution >= 0.6 is 0 Å². The Morgan fingerprint density at radius 1 is 1.26 bits per heavy atom. The summed E-state index contributed by atoms with van der Waals surface area (Å²) in [5.74, 6) is 2.04. The van der Waals surface area contributed by atoms with Crippen molar-refractivity contribution in [3.63, 3.8) is 0 Å². The summed E-state index contributed by atoms with van der Waals surface area (Å²) in [6.07, 6.45) is 2.89. The number of H-pyrrole nitrogens is 1. The highest BCUT2D eigenvalue weighted by Gasteiger charge is 2.14. The van der Waals surface area contributed by atoms with Gasteiger partial charge in [-0.25, -0.2) is 0 Å². The Hall–Kier alpha value is -1.85. The zero-order valence-electron chi connectivity index (χ0n) is 12.0. The molecule has 19 heavy (non-hydrogen) atoms. The first-order chi connectivity index (χ1) is 9.15. The van der Waals surface area contributed by atoms with Crippen molar-refractivity contribution in [2.24, 2.45) is 5.92 Å². The van der Waals surface area contributed by atoms with Crippen molar-refractivity contribution in [1.29, 1.82) is 0 Å². The van der Waals surface area contributed by atoms with Gasteiger partial charge in [0.05, 0.1) is 11.6 Å². The van der Waals surface area contributed by atoms with Crippen LogP contribution in [0.4, 0.5) is 11.8 Å². The molecule has 0 spiro atoms. The molecule has 0 amide bonds. The van der Waals surface area contributed by atoms with Crippen LogP contribution in [0.25, 0.3) is 11.0 Å². The quantitative estimate of drug-likeness (QED) is 0.746. The van der Waals surface area contributed by atoms with Crippen LogP contribution in [0.2, 0.25) is 0 Å². The first-order valence-electron chi connectivity index (χ1n) is 6.87. The number of aromatic amines is 1. The molecule has 0 saturated heterocycles. The zero-order chi connectivity index (χ0) is 13.8. The molecule has 104 valence electrons. The second-order valence-electron chi connectivity index (χ2n) is 4.88. The fourth-order valence-corrected chi connectivity index (χ4v) is 1.89. The molecule has 0 saturated carbocycles. The monoisotopic (exact) mass is 262 g/mol. The average molecular weight is 262 g/mol. The van der Waals surface area contributed by atoms with Gasteiger partial charge in [-0.05, 0) is 19.8 Å². The van der Waals surface area contributed by atoms with Crippen LogP contribution in [0.3, 0.4) is 0 Å². The Morgan fingerprint density at radius 3 is 2.74 bits per heavy atom. The maximum atomic E-state index is 4.53. The van der Waals surface area contributed by atoms with Gasteiger partial charge in [0, 0.05) is 12.6 Å². The van der Waals surface area contributed by atoms with Crippen molar-refractivity contribution in [2.75, 3.05) is 17.2 Å². The summed E-state index contributed by atoms with van der Waals surface area (Å²) in [5, 5.41) is 14.5. The first kappa shape index (κ1) is 13.6. The average Bonchev–Trinajstić information content (AvgIpc) is 2.86. The lowest BCUT2D eigenvalue weighted by atomic mass is 10.0. The number of aromatic nitrogens is 4. The van der Waals surface area contributed by atoms with E-state index in [0.717, 1.165) is 29.8 Å². The molecule has 2 unspecified atom stereocenters. The van der Waals surface area contributed by atoms with Gasteiger partial charge in [-0.3, -0.25) is 5.10 Å². The van der Waals surface area contributed by atoms with E-state index in [-0.39, 0.29) is 0 Å². The molecular formula is C13H22N6. The maximum absolute atomic E-state index is 4.53. The number of nitrogens with zero attached hydrogens (tertiary/aromatic N) is 3. The standard InChI is InChI=1S/C13H22N6/c1-5-8(3)9(4)16-11-10-7-15-19-12(10)18-13(17-11)14-6-2/h7-9H,5-6H2,1-4H3,(H3,14,15,16,17,18,19). The van der Waals surface area contributed by atoms with Gasteiger partial charge in [-0.1, -0.05) is 20.3 Å². The van der Waals surface area contributed by atoms with E-state index in [0.29, 0.717) is 17.9 Å². The number of hydrogen-bond donors (Lipinski definition) is 3. The van der Waals surface area contributed by atoms with E-state index in [4.69, 9.17) is 0 Å². The van der Waals surface area contributed by atoms with Gasteiger partial charge in [0.2, 0.25) is 5.95 Å². The molecule has 2 rings (SSSR count). The van der Waals surface area contributed by atoms with Crippen LogP contribution < -0.4 is 10.6 Å².